The van der Waals surface area contributed by atoms with Gasteiger partial charge in [-0.15, -0.1) is 0 Å². The average Bonchev–Trinajstić information content (AvgIpc) is 3.43. The molecule has 8 nitrogen and oxygen atoms in total. The largest absolute Gasteiger partial charge is 0.444 e. The van der Waals surface area contributed by atoms with E-state index in [1.165, 1.54) is 9.21 Å². The molecule has 0 aromatic heterocycles. The van der Waals surface area contributed by atoms with Gasteiger partial charge in [-0.2, -0.15) is 17.5 Å². The fourth-order valence-electron chi connectivity index (χ4n) is 5.92. The van der Waals surface area contributed by atoms with Gasteiger partial charge in [-0.3, -0.25) is 9.69 Å². The highest BCUT2D eigenvalue weighted by atomic mass is 32.2. The second kappa shape index (κ2) is 11.7. The van der Waals surface area contributed by atoms with Gasteiger partial charge in [0.25, 0.3) is 0 Å². The number of hydrogen-bond donors (Lipinski definition) is 0. The molecule has 0 N–H and O–H groups in total. The second-order valence-corrected chi connectivity index (χ2v) is 15.3. The number of halogens is 3. The van der Waals surface area contributed by atoms with Crippen LogP contribution in [-0.4, -0.2) is 78.9 Å². The van der Waals surface area contributed by atoms with Crippen LogP contribution in [0.15, 0.2) is 29.2 Å². The summed E-state index contributed by atoms with van der Waals surface area (Å²) in [6, 6.07) is 2.56. The first-order valence-electron chi connectivity index (χ1n) is 14.1. The summed E-state index contributed by atoms with van der Waals surface area (Å²) < 4.78 is 72.5. The predicted octanol–water partition coefficient (Wildman–Crippen LogP) is 5.62. The van der Waals surface area contributed by atoms with Crippen molar-refractivity contribution in [2.24, 2.45) is 17.3 Å². The van der Waals surface area contributed by atoms with Gasteiger partial charge in [-0.05, 0) is 88.5 Å². The Morgan fingerprint density at radius 1 is 1.02 bits per heavy atom. The SMILES string of the molecule is CCN(C(=O)[C@H](CC(C)(C)C)N(C)C(=O)OC(C)(C)C)[C@H]1CC[C@@H]2CN(S(=O)(=O)c3ccc(C(F)(F)F)cc3)C[C@@H]21. The smallest absolute Gasteiger partial charge is 0.416 e. The van der Waals surface area contributed by atoms with E-state index >= 15 is 0 Å². The fraction of sp³-hybridized carbons (Fsp3) is 0.724. The standard InChI is InChI=1S/C29H44F3N3O5S/c1-9-35(25(36)24(16-27(2,3)4)33(8)26(37)40-28(5,6)7)23-15-10-19-17-34(18-22(19)23)41(38,39)21-13-11-20(12-14-21)29(30,31)32/h11-14,19,22-24H,9-10,15-18H2,1-8H3/t19-,22+,23+,24+/m1/s1. The minimum absolute atomic E-state index is 0.0238. The predicted molar refractivity (Wildman–Crippen MR) is 149 cm³/mol. The third-order valence-electron chi connectivity index (χ3n) is 7.87. The van der Waals surface area contributed by atoms with E-state index in [-0.39, 0.29) is 47.2 Å². The highest BCUT2D eigenvalue weighted by Gasteiger charge is 2.50. The molecule has 1 aromatic rings. The van der Waals surface area contributed by atoms with E-state index in [2.05, 4.69) is 0 Å². The fourth-order valence-corrected chi connectivity index (χ4v) is 7.45. The Bertz CT molecular complexity index is 1210. The zero-order valence-electron chi connectivity index (χ0n) is 25.3. The summed E-state index contributed by atoms with van der Waals surface area (Å²) in [5, 5.41) is 0. The van der Waals surface area contributed by atoms with Crippen LogP contribution in [0, 0.1) is 17.3 Å². The molecular weight excluding hydrogens is 559 g/mol. The number of carbonyl (C=O) groups excluding carboxylic acids is 2. The first kappa shape index (κ1) is 33.2. The summed E-state index contributed by atoms with van der Waals surface area (Å²) in [6.45, 7) is 14.0. The van der Waals surface area contributed by atoms with Crippen molar-refractivity contribution in [2.75, 3.05) is 26.7 Å². The summed E-state index contributed by atoms with van der Waals surface area (Å²) >= 11 is 0. The summed E-state index contributed by atoms with van der Waals surface area (Å²) in [5.41, 5.74) is -1.91. The average molecular weight is 604 g/mol. The Morgan fingerprint density at radius 2 is 1.61 bits per heavy atom. The topological polar surface area (TPSA) is 87.2 Å². The van der Waals surface area contributed by atoms with Crippen molar-refractivity contribution in [3.63, 3.8) is 0 Å². The highest BCUT2D eigenvalue weighted by molar-refractivity contribution is 7.89. The van der Waals surface area contributed by atoms with Gasteiger partial charge in [0.1, 0.15) is 11.6 Å². The molecule has 1 heterocycles. The number of carbonyl (C=O) groups is 2. The van der Waals surface area contributed by atoms with Crippen molar-refractivity contribution in [2.45, 2.75) is 96.5 Å². The Morgan fingerprint density at radius 3 is 2.10 bits per heavy atom. The molecule has 0 spiro atoms. The number of sulfonamides is 1. The van der Waals surface area contributed by atoms with Crippen LogP contribution in [0.3, 0.4) is 0 Å². The van der Waals surface area contributed by atoms with Crippen molar-refractivity contribution >= 4 is 22.0 Å². The minimum atomic E-state index is -4.56. The van der Waals surface area contributed by atoms with Gasteiger partial charge >= 0.3 is 12.3 Å². The number of nitrogens with zero attached hydrogens (tertiary/aromatic N) is 3. The molecule has 2 fully saturated rings. The third kappa shape index (κ3) is 7.74. The van der Waals surface area contributed by atoms with E-state index in [1.807, 2.05) is 27.7 Å². The molecule has 1 saturated carbocycles. The summed E-state index contributed by atoms with van der Waals surface area (Å²) in [7, 11) is -2.44. The molecule has 41 heavy (non-hydrogen) atoms. The van der Waals surface area contributed by atoms with Crippen LogP contribution in [0.25, 0.3) is 0 Å². The molecular formula is C29H44F3N3O5S. The van der Waals surface area contributed by atoms with Crippen molar-refractivity contribution in [1.82, 2.24) is 14.1 Å². The molecule has 1 aliphatic heterocycles. The van der Waals surface area contributed by atoms with Crippen molar-refractivity contribution in [3.8, 4) is 0 Å². The molecule has 232 valence electrons. The lowest BCUT2D eigenvalue weighted by Crippen LogP contribution is -2.55. The van der Waals surface area contributed by atoms with Gasteiger partial charge in [0.15, 0.2) is 0 Å². The van der Waals surface area contributed by atoms with Crippen LogP contribution in [-0.2, 0) is 25.7 Å². The van der Waals surface area contributed by atoms with Crippen LogP contribution in [0.2, 0.25) is 0 Å². The Labute approximate surface area is 242 Å². The van der Waals surface area contributed by atoms with E-state index in [1.54, 1.807) is 32.7 Å². The van der Waals surface area contributed by atoms with Crippen molar-refractivity contribution < 1.29 is 35.9 Å². The number of benzene rings is 1. The Hall–Kier alpha value is -2.34. The third-order valence-corrected chi connectivity index (χ3v) is 9.71. The first-order valence-corrected chi connectivity index (χ1v) is 15.5. The van der Waals surface area contributed by atoms with E-state index < -0.39 is 39.5 Å². The quantitative estimate of drug-likeness (QED) is 0.404. The molecule has 1 aliphatic carbocycles. The van der Waals surface area contributed by atoms with Crippen LogP contribution < -0.4 is 0 Å². The summed E-state index contributed by atoms with van der Waals surface area (Å²) in [4.78, 5) is 30.0. The van der Waals surface area contributed by atoms with Gasteiger partial charge < -0.3 is 9.64 Å². The molecule has 1 saturated heterocycles. The highest BCUT2D eigenvalue weighted by Crippen LogP contribution is 2.43. The molecule has 0 radical (unpaired) electrons. The molecule has 2 aliphatic rings. The molecule has 2 amide bonds. The number of likely N-dealkylation sites (N-methyl/N-ethyl adjacent to an activating group) is 2. The molecule has 0 unspecified atom stereocenters. The van der Waals surface area contributed by atoms with E-state index in [0.29, 0.717) is 19.4 Å². The normalized spacial score (nSPS) is 22.8. The number of alkyl halides is 3. The first-order chi connectivity index (χ1) is 18.7. The van der Waals surface area contributed by atoms with E-state index in [4.69, 9.17) is 4.74 Å². The van der Waals surface area contributed by atoms with E-state index in [0.717, 1.165) is 30.7 Å². The van der Waals surface area contributed by atoms with Crippen molar-refractivity contribution in [3.05, 3.63) is 29.8 Å². The number of ether oxygens (including phenoxy) is 1. The molecule has 3 rings (SSSR count). The Balaban J connectivity index is 1.82. The lowest BCUT2D eigenvalue weighted by atomic mass is 9.86. The maximum atomic E-state index is 14.1. The molecule has 1 aromatic carbocycles. The summed E-state index contributed by atoms with van der Waals surface area (Å²) in [5.74, 6) is -0.300. The van der Waals surface area contributed by atoms with Crippen LogP contribution in [0.1, 0.15) is 73.3 Å². The maximum Gasteiger partial charge on any atom is 0.416 e. The zero-order chi connectivity index (χ0) is 31.1. The molecule has 12 heteroatoms. The number of fused-ring (bicyclic) bond motifs is 1. The van der Waals surface area contributed by atoms with Gasteiger partial charge in [-0.25, -0.2) is 13.2 Å². The van der Waals surface area contributed by atoms with Gasteiger partial charge in [-0.1, -0.05) is 20.8 Å². The minimum Gasteiger partial charge on any atom is -0.444 e. The molecule has 0 bridgehead atoms. The number of hydrogen-bond acceptors (Lipinski definition) is 5. The summed E-state index contributed by atoms with van der Waals surface area (Å²) in [6.07, 6.45) is -3.30. The van der Waals surface area contributed by atoms with Crippen molar-refractivity contribution in [1.29, 1.82) is 0 Å². The van der Waals surface area contributed by atoms with Gasteiger partial charge in [0.05, 0.1) is 10.5 Å². The Kier molecular flexibility index (Phi) is 9.50. The van der Waals surface area contributed by atoms with Crippen LogP contribution in [0.5, 0.6) is 0 Å². The van der Waals surface area contributed by atoms with Gasteiger partial charge in [0, 0.05) is 32.7 Å². The lowest BCUT2D eigenvalue weighted by Gasteiger charge is -2.39. The monoisotopic (exact) mass is 603 g/mol. The number of rotatable bonds is 7. The molecule has 4 atom stereocenters. The van der Waals surface area contributed by atoms with E-state index in [9.17, 15) is 31.2 Å². The van der Waals surface area contributed by atoms with Gasteiger partial charge in [0.2, 0.25) is 15.9 Å². The lowest BCUT2D eigenvalue weighted by molar-refractivity contribution is -0.140. The van der Waals surface area contributed by atoms with Crippen LogP contribution >= 0.6 is 0 Å². The van der Waals surface area contributed by atoms with Crippen LogP contribution in [0.4, 0.5) is 18.0 Å². The maximum absolute atomic E-state index is 14.1. The second-order valence-electron chi connectivity index (χ2n) is 13.4. The number of amides is 2. The zero-order valence-corrected chi connectivity index (χ0v) is 26.1.